The van der Waals surface area contributed by atoms with Gasteiger partial charge < -0.3 is 14.6 Å². The zero-order valence-electron chi connectivity index (χ0n) is 13.4. The molecule has 0 unspecified atom stereocenters. The molecule has 0 aliphatic rings. The minimum absolute atomic E-state index is 0.255. The number of phenols is 1. The number of nitrogens with zero attached hydrogens (tertiary/aromatic N) is 2. The smallest absolute Gasteiger partial charge is 0.152 e. The third-order valence-corrected chi connectivity index (χ3v) is 4.02. The molecule has 0 atom stereocenters. The highest BCUT2D eigenvalue weighted by molar-refractivity contribution is 5.89. The number of hydrogen-bond donors (Lipinski definition) is 1. The van der Waals surface area contributed by atoms with Crippen molar-refractivity contribution >= 4 is 17.2 Å². The number of hydrogen-bond acceptors (Lipinski definition) is 3. The minimum Gasteiger partial charge on any atom is -0.508 e. The molecule has 0 saturated carbocycles. The van der Waals surface area contributed by atoms with Crippen LogP contribution in [0.2, 0.25) is 0 Å². The fraction of sp³-hybridized carbons (Fsp3) is 0.211. The molecule has 2 aromatic carbocycles. The van der Waals surface area contributed by atoms with E-state index >= 15 is 0 Å². The Morgan fingerprint density at radius 1 is 1.17 bits per heavy atom. The number of rotatable bonds is 5. The van der Waals surface area contributed by atoms with Crippen LogP contribution in [0.15, 0.2) is 48.7 Å². The average Bonchev–Trinajstić information content (AvgIpc) is 2.90. The Bertz CT molecular complexity index is 850. The average molecular weight is 308 g/mol. The van der Waals surface area contributed by atoms with E-state index in [1.54, 1.807) is 12.1 Å². The van der Waals surface area contributed by atoms with E-state index in [-0.39, 0.29) is 5.75 Å². The van der Waals surface area contributed by atoms with Crippen LogP contribution in [0.3, 0.4) is 0 Å². The van der Waals surface area contributed by atoms with Crippen LogP contribution in [-0.2, 0) is 6.42 Å². The number of fused-ring (bicyclic) bond motifs is 1. The van der Waals surface area contributed by atoms with Gasteiger partial charge in [0.05, 0.1) is 11.2 Å². The lowest BCUT2D eigenvalue weighted by Crippen LogP contribution is -2.14. The number of aldehydes is 1. The molecule has 1 N–H and O–H groups in total. The molecule has 4 heteroatoms. The molecule has 23 heavy (non-hydrogen) atoms. The first-order chi connectivity index (χ1) is 11.1. The summed E-state index contributed by atoms with van der Waals surface area (Å²) in [6.07, 6.45) is 3.82. The maximum atomic E-state index is 11.4. The Kier molecular flexibility index (Phi) is 4.17. The van der Waals surface area contributed by atoms with Crippen molar-refractivity contribution in [3.63, 3.8) is 0 Å². The lowest BCUT2D eigenvalue weighted by molar-refractivity contribution is 0.112. The van der Waals surface area contributed by atoms with Crippen molar-refractivity contribution in [3.8, 4) is 11.4 Å². The summed E-state index contributed by atoms with van der Waals surface area (Å²) in [6, 6.07) is 12.9. The maximum absolute atomic E-state index is 11.4. The van der Waals surface area contributed by atoms with Crippen molar-refractivity contribution < 1.29 is 9.90 Å². The number of phenolic OH excluding ortho intramolecular Hbond substituents is 1. The quantitative estimate of drug-likeness (QED) is 0.736. The molecule has 3 aromatic rings. The van der Waals surface area contributed by atoms with Crippen LogP contribution in [0.1, 0.15) is 15.9 Å². The standard InChI is InChI=1S/C19H20N2O2/c1-20(2)10-9-14-12-21(18-6-4-3-5-15(18)13-22)19-8-7-16(23)11-17(14)19/h3-8,11-13,23H,9-10H2,1-2H3. The molecule has 1 heterocycles. The van der Waals surface area contributed by atoms with Crippen molar-refractivity contribution in [1.29, 1.82) is 0 Å². The van der Waals surface area contributed by atoms with Gasteiger partial charge in [-0.3, -0.25) is 4.79 Å². The van der Waals surface area contributed by atoms with Gasteiger partial charge in [-0.25, -0.2) is 0 Å². The first-order valence-corrected chi connectivity index (χ1v) is 7.62. The van der Waals surface area contributed by atoms with Crippen molar-refractivity contribution in [2.75, 3.05) is 20.6 Å². The van der Waals surface area contributed by atoms with E-state index in [2.05, 4.69) is 11.1 Å². The van der Waals surface area contributed by atoms with Gasteiger partial charge in [0.15, 0.2) is 6.29 Å². The summed E-state index contributed by atoms with van der Waals surface area (Å²) < 4.78 is 2.03. The van der Waals surface area contributed by atoms with Crippen molar-refractivity contribution in [2.24, 2.45) is 0 Å². The summed E-state index contributed by atoms with van der Waals surface area (Å²) in [5.41, 5.74) is 3.65. The van der Waals surface area contributed by atoms with Crippen LogP contribution in [-0.4, -0.2) is 41.5 Å². The highest BCUT2D eigenvalue weighted by Gasteiger charge is 2.13. The summed E-state index contributed by atoms with van der Waals surface area (Å²) in [4.78, 5) is 13.5. The van der Waals surface area contributed by atoms with Crippen LogP contribution >= 0.6 is 0 Å². The second-order valence-corrected chi connectivity index (χ2v) is 5.96. The first-order valence-electron chi connectivity index (χ1n) is 7.62. The molecular weight excluding hydrogens is 288 g/mol. The van der Waals surface area contributed by atoms with Crippen molar-refractivity contribution in [2.45, 2.75) is 6.42 Å². The van der Waals surface area contributed by atoms with Gasteiger partial charge in [-0.05, 0) is 56.4 Å². The van der Waals surface area contributed by atoms with Gasteiger partial charge in [-0.1, -0.05) is 12.1 Å². The number of likely N-dealkylation sites (N-methyl/N-ethyl adjacent to an activating group) is 1. The van der Waals surface area contributed by atoms with Crippen LogP contribution in [0.4, 0.5) is 0 Å². The van der Waals surface area contributed by atoms with Crippen LogP contribution in [0.25, 0.3) is 16.6 Å². The molecule has 118 valence electrons. The minimum atomic E-state index is 0.255. The van der Waals surface area contributed by atoms with Gasteiger partial charge in [-0.15, -0.1) is 0 Å². The number of aromatic hydroxyl groups is 1. The highest BCUT2D eigenvalue weighted by Crippen LogP contribution is 2.29. The summed E-state index contributed by atoms with van der Waals surface area (Å²) in [5.74, 6) is 0.255. The SMILES string of the molecule is CN(C)CCc1cn(-c2ccccc2C=O)c2ccc(O)cc12. The number of carbonyl (C=O) groups is 1. The van der Waals surface area contributed by atoms with Gasteiger partial charge in [0.25, 0.3) is 0 Å². The third kappa shape index (κ3) is 2.98. The van der Waals surface area contributed by atoms with E-state index in [0.29, 0.717) is 5.56 Å². The summed E-state index contributed by atoms with van der Waals surface area (Å²) in [7, 11) is 4.08. The van der Waals surface area contributed by atoms with Crippen molar-refractivity contribution in [1.82, 2.24) is 9.47 Å². The Balaban J connectivity index is 2.19. The maximum Gasteiger partial charge on any atom is 0.152 e. The van der Waals surface area contributed by atoms with E-state index in [4.69, 9.17) is 0 Å². The molecule has 0 bridgehead atoms. The van der Waals surface area contributed by atoms with Crippen molar-refractivity contribution in [3.05, 3.63) is 59.8 Å². The van der Waals surface area contributed by atoms with Gasteiger partial charge in [0.1, 0.15) is 5.75 Å². The Labute approximate surface area is 135 Å². The summed E-state index contributed by atoms with van der Waals surface area (Å²) >= 11 is 0. The highest BCUT2D eigenvalue weighted by atomic mass is 16.3. The van der Waals surface area contributed by atoms with E-state index in [9.17, 15) is 9.90 Å². The number of carbonyl (C=O) groups excluding carboxylic acids is 1. The fourth-order valence-electron chi connectivity index (χ4n) is 2.84. The predicted molar refractivity (Wildman–Crippen MR) is 92.6 cm³/mol. The molecule has 4 nitrogen and oxygen atoms in total. The molecule has 0 spiro atoms. The third-order valence-electron chi connectivity index (χ3n) is 4.02. The van der Waals surface area contributed by atoms with E-state index in [1.165, 1.54) is 0 Å². The van der Waals surface area contributed by atoms with Crippen LogP contribution in [0.5, 0.6) is 5.75 Å². The molecule has 0 aliphatic carbocycles. The molecule has 0 fully saturated rings. The molecule has 0 radical (unpaired) electrons. The number of benzene rings is 2. The van der Waals surface area contributed by atoms with Gasteiger partial charge in [-0.2, -0.15) is 0 Å². The van der Waals surface area contributed by atoms with E-state index in [1.807, 2.05) is 49.0 Å². The summed E-state index contributed by atoms with van der Waals surface area (Å²) in [5, 5.41) is 10.9. The molecular formula is C19H20N2O2. The fourth-order valence-corrected chi connectivity index (χ4v) is 2.84. The predicted octanol–water partition coefficient (Wildman–Crippen LogP) is 3.25. The molecule has 0 saturated heterocycles. The Morgan fingerprint density at radius 2 is 1.96 bits per heavy atom. The normalized spacial score (nSPS) is 11.3. The topological polar surface area (TPSA) is 45.5 Å². The summed E-state index contributed by atoms with van der Waals surface area (Å²) in [6.45, 7) is 0.921. The van der Waals surface area contributed by atoms with Gasteiger partial charge in [0, 0.05) is 23.7 Å². The molecule has 0 aliphatic heterocycles. The van der Waals surface area contributed by atoms with E-state index < -0.39 is 0 Å². The number of para-hydroxylation sites is 1. The van der Waals surface area contributed by atoms with Crippen LogP contribution in [0, 0.1) is 0 Å². The lowest BCUT2D eigenvalue weighted by Gasteiger charge is -2.08. The monoisotopic (exact) mass is 308 g/mol. The van der Waals surface area contributed by atoms with Gasteiger partial charge >= 0.3 is 0 Å². The second-order valence-electron chi connectivity index (χ2n) is 5.96. The van der Waals surface area contributed by atoms with E-state index in [0.717, 1.165) is 41.4 Å². The zero-order chi connectivity index (χ0) is 16.4. The van der Waals surface area contributed by atoms with Crippen LogP contribution < -0.4 is 0 Å². The Hall–Kier alpha value is -2.59. The first kappa shape index (κ1) is 15.3. The second kappa shape index (κ2) is 6.26. The molecule has 0 amide bonds. The Morgan fingerprint density at radius 3 is 2.70 bits per heavy atom. The zero-order valence-corrected chi connectivity index (χ0v) is 13.4. The lowest BCUT2D eigenvalue weighted by atomic mass is 10.1. The largest absolute Gasteiger partial charge is 0.508 e. The molecule has 1 aromatic heterocycles. The van der Waals surface area contributed by atoms with Gasteiger partial charge in [0.2, 0.25) is 0 Å². The molecule has 3 rings (SSSR count). The number of aromatic nitrogens is 1.